The Morgan fingerprint density at radius 3 is 2.44 bits per heavy atom. The summed E-state index contributed by atoms with van der Waals surface area (Å²) in [6.07, 6.45) is 0. The molecular formula is C20H16ClNO5. The molecule has 0 bridgehead atoms. The maximum absolute atomic E-state index is 12.5. The number of amides is 1. The van der Waals surface area contributed by atoms with E-state index in [9.17, 15) is 19.8 Å². The normalized spacial score (nSPS) is 10.6. The summed E-state index contributed by atoms with van der Waals surface area (Å²) in [5.41, 5.74) is 0.554. The van der Waals surface area contributed by atoms with Crippen LogP contribution in [0.3, 0.4) is 0 Å². The number of aromatic carboxylic acids is 1. The zero-order valence-electron chi connectivity index (χ0n) is 14.1. The molecule has 0 spiro atoms. The minimum Gasteiger partial charge on any atom is -0.483 e. The zero-order chi connectivity index (χ0) is 19.4. The van der Waals surface area contributed by atoms with Crippen molar-refractivity contribution in [3.05, 3.63) is 71.2 Å². The molecule has 2 N–H and O–H groups in total. The van der Waals surface area contributed by atoms with Gasteiger partial charge in [-0.1, -0.05) is 29.8 Å². The van der Waals surface area contributed by atoms with E-state index in [0.29, 0.717) is 21.5 Å². The first-order valence-corrected chi connectivity index (χ1v) is 8.43. The molecule has 0 aromatic heterocycles. The highest BCUT2D eigenvalue weighted by molar-refractivity contribution is 6.31. The van der Waals surface area contributed by atoms with Crippen LogP contribution in [0.2, 0.25) is 5.02 Å². The van der Waals surface area contributed by atoms with Crippen molar-refractivity contribution in [3.8, 4) is 5.75 Å². The first kappa shape index (κ1) is 18.7. The van der Waals surface area contributed by atoms with Gasteiger partial charge in [0.15, 0.2) is 6.61 Å². The maximum Gasteiger partial charge on any atom is 0.335 e. The van der Waals surface area contributed by atoms with Crippen LogP contribution < -0.4 is 9.64 Å². The number of aliphatic hydroxyl groups excluding tert-OH is 1. The number of carbonyl (C=O) groups excluding carboxylic acids is 1. The number of rotatable bonds is 6. The summed E-state index contributed by atoms with van der Waals surface area (Å²) in [6.45, 7) is -0.867. The van der Waals surface area contributed by atoms with Crippen LogP contribution in [0.1, 0.15) is 10.4 Å². The van der Waals surface area contributed by atoms with Gasteiger partial charge < -0.3 is 14.9 Å². The molecule has 0 aliphatic carbocycles. The highest BCUT2D eigenvalue weighted by Crippen LogP contribution is 2.30. The Kier molecular flexibility index (Phi) is 5.59. The van der Waals surface area contributed by atoms with Crippen molar-refractivity contribution in [2.24, 2.45) is 0 Å². The molecule has 138 valence electrons. The summed E-state index contributed by atoms with van der Waals surface area (Å²) < 4.78 is 5.61. The van der Waals surface area contributed by atoms with Gasteiger partial charge in [0.25, 0.3) is 5.91 Å². The molecular weight excluding hydrogens is 370 g/mol. The lowest BCUT2D eigenvalue weighted by Gasteiger charge is -2.20. The maximum atomic E-state index is 12.5. The van der Waals surface area contributed by atoms with Gasteiger partial charge in [0.2, 0.25) is 0 Å². The largest absolute Gasteiger partial charge is 0.483 e. The van der Waals surface area contributed by atoms with E-state index in [-0.39, 0.29) is 17.9 Å². The highest BCUT2D eigenvalue weighted by Gasteiger charge is 2.17. The molecule has 27 heavy (non-hydrogen) atoms. The molecule has 0 aliphatic heterocycles. The number of carbonyl (C=O) groups is 2. The second kappa shape index (κ2) is 8.07. The fourth-order valence-electron chi connectivity index (χ4n) is 2.68. The molecule has 3 aromatic rings. The molecule has 0 heterocycles. The first-order valence-electron chi connectivity index (χ1n) is 8.05. The van der Waals surface area contributed by atoms with Crippen LogP contribution in [0.25, 0.3) is 10.8 Å². The van der Waals surface area contributed by atoms with E-state index in [1.165, 1.54) is 17.0 Å². The standard InChI is InChI=1S/C20H16ClNO5/c21-15-6-7-17-13(9-15)8-14(20(25)26)10-18(17)27-11-19(24)22(12-23)16-4-2-1-3-5-16/h1-10,23H,11-12H2,(H,25,26). The number of fused-ring (bicyclic) bond motifs is 1. The lowest BCUT2D eigenvalue weighted by atomic mass is 10.1. The number of benzene rings is 3. The van der Waals surface area contributed by atoms with Crippen molar-refractivity contribution < 1.29 is 24.5 Å². The van der Waals surface area contributed by atoms with Crippen LogP contribution in [0.5, 0.6) is 5.75 Å². The van der Waals surface area contributed by atoms with Gasteiger partial charge in [-0.25, -0.2) is 4.79 Å². The van der Waals surface area contributed by atoms with Gasteiger partial charge >= 0.3 is 5.97 Å². The number of aliphatic hydroxyl groups is 1. The van der Waals surface area contributed by atoms with Gasteiger partial charge in [0, 0.05) is 16.1 Å². The van der Waals surface area contributed by atoms with Crippen molar-refractivity contribution in [3.63, 3.8) is 0 Å². The van der Waals surface area contributed by atoms with Gasteiger partial charge in [-0.3, -0.25) is 9.69 Å². The molecule has 1 amide bonds. The van der Waals surface area contributed by atoms with E-state index in [4.69, 9.17) is 16.3 Å². The quantitative estimate of drug-likeness (QED) is 0.633. The Labute approximate surface area is 160 Å². The SMILES string of the molecule is O=C(O)c1cc(OCC(=O)N(CO)c2ccccc2)c2ccc(Cl)cc2c1. The van der Waals surface area contributed by atoms with Crippen LogP contribution >= 0.6 is 11.6 Å². The topological polar surface area (TPSA) is 87.1 Å². The molecule has 0 saturated heterocycles. The Bertz CT molecular complexity index is 990. The number of nitrogens with zero attached hydrogens (tertiary/aromatic N) is 1. The summed E-state index contributed by atoms with van der Waals surface area (Å²) in [6, 6.07) is 16.5. The molecule has 0 saturated carbocycles. The third kappa shape index (κ3) is 4.19. The smallest absolute Gasteiger partial charge is 0.335 e. The molecule has 0 radical (unpaired) electrons. The lowest BCUT2D eigenvalue weighted by molar-refractivity contribution is -0.121. The van der Waals surface area contributed by atoms with Crippen molar-refractivity contribution in [1.82, 2.24) is 0 Å². The van der Waals surface area contributed by atoms with Crippen LogP contribution in [0, 0.1) is 0 Å². The summed E-state index contributed by atoms with van der Waals surface area (Å²) in [5.74, 6) is -1.33. The molecule has 0 unspecified atom stereocenters. The van der Waals surface area contributed by atoms with E-state index in [1.54, 1.807) is 48.5 Å². The number of carboxylic acids is 1. The first-order chi connectivity index (χ1) is 13.0. The number of anilines is 1. The minimum absolute atomic E-state index is 0.0225. The average molecular weight is 386 g/mol. The van der Waals surface area contributed by atoms with Gasteiger partial charge in [-0.05, 0) is 47.9 Å². The van der Waals surface area contributed by atoms with E-state index in [2.05, 4.69) is 0 Å². The van der Waals surface area contributed by atoms with Crippen molar-refractivity contribution in [1.29, 1.82) is 0 Å². The van der Waals surface area contributed by atoms with Crippen molar-refractivity contribution in [2.75, 3.05) is 18.2 Å². The number of halogens is 1. The fraction of sp³-hybridized carbons (Fsp3) is 0.100. The van der Waals surface area contributed by atoms with Crippen LogP contribution in [-0.4, -0.2) is 35.4 Å². The Morgan fingerprint density at radius 2 is 1.78 bits per heavy atom. The molecule has 0 fully saturated rings. The van der Waals surface area contributed by atoms with Crippen molar-refractivity contribution >= 4 is 39.9 Å². The predicted octanol–water partition coefficient (Wildman–Crippen LogP) is 3.55. The summed E-state index contributed by atoms with van der Waals surface area (Å²) in [5, 5.41) is 20.5. The number of carboxylic acid groups (broad SMARTS) is 1. The molecule has 3 aromatic carbocycles. The van der Waals surface area contributed by atoms with E-state index in [0.717, 1.165) is 0 Å². The summed E-state index contributed by atoms with van der Waals surface area (Å²) in [7, 11) is 0. The van der Waals surface area contributed by atoms with E-state index >= 15 is 0 Å². The van der Waals surface area contributed by atoms with E-state index < -0.39 is 18.6 Å². The van der Waals surface area contributed by atoms with Gasteiger partial charge in [-0.2, -0.15) is 0 Å². The predicted molar refractivity (Wildman–Crippen MR) is 102 cm³/mol. The van der Waals surface area contributed by atoms with Crippen molar-refractivity contribution in [2.45, 2.75) is 0 Å². The summed E-state index contributed by atoms with van der Waals surface area (Å²) in [4.78, 5) is 25.0. The van der Waals surface area contributed by atoms with Crippen LogP contribution in [-0.2, 0) is 4.79 Å². The van der Waals surface area contributed by atoms with Crippen LogP contribution in [0.15, 0.2) is 60.7 Å². The second-order valence-electron chi connectivity index (χ2n) is 5.73. The Hall–Kier alpha value is -3.09. The highest BCUT2D eigenvalue weighted by atomic mass is 35.5. The lowest BCUT2D eigenvalue weighted by Crippen LogP contribution is -2.35. The molecule has 7 heteroatoms. The molecule has 6 nitrogen and oxygen atoms in total. The fourth-order valence-corrected chi connectivity index (χ4v) is 2.86. The Balaban J connectivity index is 1.87. The number of para-hydroxylation sites is 1. The van der Waals surface area contributed by atoms with Gasteiger partial charge in [0.05, 0.1) is 5.56 Å². The molecule has 0 aliphatic rings. The third-order valence-electron chi connectivity index (χ3n) is 3.99. The minimum atomic E-state index is -1.12. The number of hydrogen-bond acceptors (Lipinski definition) is 4. The summed E-state index contributed by atoms with van der Waals surface area (Å²) >= 11 is 5.98. The van der Waals surface area contributed by atoms with Gasteiger partial charge in [-0.15, -0.1) is 0 Å². The molecule has 0 atom stereocenters. The molecule has 3 rings (SSSR count). The zero-order valence-corrected chi connectivity index (χ0v) is 14.9. The van der Waals surface area contributed by atoms with Gasteiger partial charge in [0.1, 0.15) is 12.5 Å². The average Bonchev–Trinajstić information content (AvgIpc) is 2.67. The second-order valence-corrected chi connectivity index (χ2v) is 6.17. The number of ether oxygens (including phenoxy) is 1. The van der Waals surface area contributed by atoms with Crippen LogP contribution in [0.4, 0.5) is 5.69 Å². The number of hydrogen-bond donors (Lipinski definition) is 2. The third-order valence-corrected chi connectivity index (χ3v) is 4.22. The monoisotopic (exact) mass is 385 g/mol. The van der Waals surface area contributed by atoms with E-state index in [1.807, 2.05) is 0 Å². The Morgan fingerprint density at radius 1 is 1.04 bits per heavy atom.